The zero-order chi connectivity index (χ0) is 11.5. The van der Waals surface area contributed by atoms with Gasteiger partial charge in [0.2, 0.25) is 0 Å². The van der Waals surface area contributed by atoms with Crippen molar-refractivity contribution >= 4 is 5.91 Å². The van der Waals surface area contributed by atoms with Crippen molar-refractivity contribution in [1.29, 1.82) is 0 Å². The van der Waals surface area contributed by atoms with E-state index in [1.165, 1.54) is 4.90 Å². The molecule has 2 aromatic heterocycles. The number of amides is 1. The Bertz CT molecular complexity index is 474. The van der Waals surface area contributed by atoms with Crippen LogP contribution in [0.15, 0.2) is 0 Å². The van der Waals surface area contributed by atoms with Gasteiger partial charge in [0.25, 0.3) is 11.7 Å². The minimum Gasteiger partial charge on any atom is -0.331 e. The summed E-state index contributed by atoms with van der Waals surface area (Å²) in [5.74, 6) is 0.929. The number of aromatic nitrogens is 7. The predicted molar refractivity (Wildman–Crippen MR) is 51.1 cm³/mol. The molecule has 2 rings (SSSR count). The number of tetrazole rings is 1. The second kappa shape index (κ2) is 4.04. The van der Waals surface area contributed by atoms with E-state index in [0.717, 1.165) is 0 Å². The number of carbonyl (C=O) groups excluding carboxylic acids is 1. The van der Waals surface area contributed by atoms with Crippen LogP contribution in [0.2, 0.25) is 0 Å². The highest BCUT2D eigenvalue weighted by molar-refractivity contribution is 5.89. The molecule has 0 aliphatic heterocycles. The molecular formula is C7H10N8O. The van der Waals surface area contributed by atoms with Gasteiger partial charge in [-0.15, -0.1) is 10.2 Å². The molecule has 0 aromatic carbocycles. The first-order chi connectivity index (χ1) is 7.66. The minimum absolute atomic E-state index is 0.0229. The zero-order valence-corrected chi connectivity index (χ0v) is 8.80. The molecule has 0 saturated carbocycles. The molecule has 2 N–H and O–H groups in total. The maximum absolute atomic E-state index is 11.7. The molecule has 0 aliphatic carbocycles. The lowest BCUT2D eigenvalue weighted by Crippen LogP contribution is -2.27. The molecule has 0 radical (unpaired) electrons. The standard InChI is InChI=1S/C7H10N8O/c1-4-8-5(10-9-4)3-15(2)7(16)6-11-13-14-12-6/h3H2,1-2H3,(H,8,9,10)(H,11,12,13,14). The van der Waals surface area contributed by atoms with Crippen LogP contribution >= 0.6 is 0 Å². The van der Waals surface area contributed by atoms with Crippen molar-refractivity contribution in [3.05, 3.63) is 17.5 Å². The van der Waals surface area contributed by atoms with E-state index < -0.39 is 0 Å². The number of rotatable bonds is 3. The number of hydrogen-bond acceptors (Lipinski definition) is 6. The molecule has 84 valence electrons. The highest BCUT2D eigenvalue weighted by atomic mass is 16.2. The van der Waals surface area contributed by atoms with Crippen LogP contribution in [0, 0.1) is 6.92 Å². The van der Waals surface area contributed by atoms with Crippen LogP contribution < -0.4 is 0 Å². The van der Waals surface area contributed by atoms with Crippen LogP contribution in [-0.4, -0.2) is 53.7 Å². The molecule has 16 heavy (non-hydrogen) atoms. The molecule has 0 bridgehead atoms. The van der Waals surface area contributed by atoms with Gasteiger partial charge in [0.1, 0.15) is 5.82 Å². The summed E-state index contributed by atoms with van der Waals surface area (Å²) in [6, 6.07) is 0. The number of H-pyrrole nitrogens is 2. The van der Waals surface area contributed by atoms with Gasteiger partial charge in [-0.1, -0.05) is 0 Å². The molecule has 0 atom stereocenters. The summed E-state index contributed by atoms with van der Waals surface area (Å²) in [7, 11) is 1.62. The fraction of sp³-hybridized carbons (Fsp3) is 0.429. The van der Waals surface area contributed by atoms with E-state index in [-0.39, 0.29) is 18.3 Å². The molecular weight excluding hydrogens is 212 g/mol. The SMILES string of the molecule is Cc1nc(CN(C)C(=O)c2nn[nH]n2)n[nH]1. The Morgan fingerprint density at radius 1 is 1.44 bits per heavy atom. The van der Waals surface area contributed by atoms with E-state index >= 15 is 0 Å². The van der Waals surface area contributed by atoms with Crippen molar-refractivity contribution in [2.75, 3.05) is 7.05 Å². The second-order valence-electron chi connectivity index (χ2n) is 3.23. The molecule has 0 fully saturated rings. The molecule has 9 nitrogen and oxygen atoms in total. The Morgan fingerprint density at radius 2 is 2.25 bits per heavy atom. The fourth-order valence-electron chi connectivity index (χ4n) is 1.17. The van der Waals surface area contributed by atoms with Gasteiger partial charge in [-0.25, -0.2) is 4.98 Å². The van der Waals surface area contributed by atoms with E-state index in [4.69, 9.17) is 0 Å². The zero-order valence-electron chi connectivity index (χ0n) is 8.80. The first kappa shape index (κ1) is 10.2. The summed E-state index contributed by atoms with van der Waals surface area (Å²) >= 11 is 0. The smallest absolute Gasteiger partial charge is 0.295 e. The van der Waals surface area contributed by atoms with Gasteiger partial charge >= 0.3 is 0 Å². The Balaban J connectivity index is 2.03. The van der Waals surface area contributed by atoms with Crippen LogP contribution in [0.1, 0.15) is 22.3 Å². The maximum atomic E-state index is 11.7. The molecule has 0 saturated heterocycles. The van der Waals surface area contributed by atoms with Gasteiger partial charge in [-0.05, 0) is 12.1 Å². The first-order valence-corrected chi connectivity index (χ1v) is 4.53. The van der Waals surface area contributed by atoms with E-state index in [1.54, 1.807) is 14.0 Å². The fourth-order valence-corrected chi connectivity index (χ4v) is 1.17. The van der Waals surface area contributed by atoms with Crippen LogP contribution in [0.25, 0.3) is 0 Å². The van der Waals surface area contributed by atoms with E-state index in [9.17, 15) is 4.79 Å². The lowest BCUT2D eigenvalue weighted by molar-refractivity contribution is 0.0769. The molecule has 2 aromatic rings. The van der Waals surface area contributed by atoms with Gasteiger partial charge in [0.15, 0.2) is 5.82 Å². The summed E-state index contributed by atoms with van der Waals surface area (Å²) in [6.45, 7) is 2.08. The number of carbonyl (C=O) groups is 1. The van der Waals surface area contributed by atoms with Crippen molar-refractivity contribution in [3.63, 3.8) is 0 Å². The van der Waals surface area contributed by atoms with Crippen molar-refractivity contribution in [2.45, 2.75) is 13.5 Å². The molecule has 0 unspecified atom stereocenters. The number of aryl methyl sites for hydroxylation is 1. The lowest BCUT2D eigenvalue weighted by Gasteiger charge is -2.11. The molecule has 0 aliphatic rings. The van der Waals surface area contributed by atoms with Gasteiger partial charge in [-0.3, -0.25) is 9.89 Å². The van der Waals surface area contributed by atoms with Gasteiger partial charge < -0.3 is 4.90 Å². The van der Waals surface area contributed by atoms with Crippen molar-refractivity contribution in [2.24, 2.45) is 0 Å². The highest BCUT2D eigenvalue weighted by Gasteiger charge is 2.17. The van der Waals surface area contributed by atoms with E-state index in [1.807, 2.05) is 0 Å². The Morgan fingerprint density at radius 3 is 2.81 bits per heavy atom. The second-order valence-corrected chi connectivity index (χ2v) is 3.23. The summed E-state index contributed by atoms with van der Waals surface area (Å²) in [6.07, 6.45) is 0. The normalized spacial score (nSPS) is 10.4. The molecule has 0 spiro atoms. The third-order valence-corrected chi connectivity index (χ3v) is 1.91. The molecule has 1 amide bonds. The van der Waals surface area contributed by atoms with Crippen molar-refractivity contribution in [1.82, 2.24) is 40.7 Å². The number of nitrogens with one attached hydrogen (secondary N) is 2. The Labute approximate surface area is 90.3 Å². The van der Waals surface area contributed by atoms with Crippen molar-refractivity contribution < 1.29 is 4.79 Å². The monoisotopic (exact) mass is 222 g/mol. The predicted octanol–water partition coefficient (Wildman–Crippen LogP) is -1.10. The summed E-state index contributed by atoms with van der Waals surface area (Å²) in [4.78, 5) is 17.2. The first-order valence-electron chi connectivity index (χ1n) is 4.53. The van der Waals surface area contributed by atoms with Gasteiger partial charge in [-0.2, -0.15) is 10.3 Å². The molecule has 2 heterocycles. The average Bonchev–Trinajstić information content (AvgIpc) is 2.88. The number of nitrogens with zero attached hydrogens (tertiary/aromatic N) is 6. The summed E-state index contributed by atoms with van der Waals surface area (Å²) in [5, 5.41) is 19.4. The number of hydrogen-bond donors (Lipinski definition) is 2. The van der Waals surface area contributed by atoms with Crippen molar-refractivity contribution in [3.8, 4) is 0 Å². The van der Waals surface area contributed by atoms with Crippen LogP contribution in [0.5, 0.6) is 0 Å². The Kier molecular flexibility index (Phi) is 2.58. The average molecular weight is 222 g/mol. The van der Waals surface area contributed by atoms with Crippen LogP contribution in [0.3, 0.4) is 0 Å². The Hall–Kier alpha value is -2.32. The lowest BCUT2D eigenvalue weighted by atomic mass is 10.4. The van der Waals surface area contributed by atoms with Gasteiger partial charge in [0.05, 0.1) is 6.54 Å². The number of aromatic amines is 2. The topological polar surface area (TPSA) is 116 Å². The summed E-state index contributed by atoms with van der Waals surface area (Å²) in [5.41, 5.74) is 0. The van der Waals surface area contributed by atoms with Gasteiger partial charge in [0, 0.05) is 7.05 Å². The third kappa shape index (κ3) is 2.02. The highest BCUT2D eigenvalue weighted by Crippen LogP contribution is 2.00. The maximum Gasteiger partial charge on any atom is 0.295 e. The van der Waals surface area contributed by atoms with Crippen LogP contribution in [-0.2, 0) is 6.54 Å². The third-order valence-electron chi connectivity index (χ3n) is 1.91. The van der Waals surface area contributed by atoms with E-state index in [0.29, 0.717) is 11.6 Å². The molecule has 9 heteroatoms. The quantitative estimate of drug-likeness (QED) is 0.680. The van der Waals surface area contributed by atoms with E-state index in [2.05, 4.69) is 35.8 Å². The van der Waals surface area contributed by atoms with Crippen LogP contribution in [0.4, 0.5) is 0 Å². The summed E-state index contributed by atoms with van der Waals surface area (Å²) < 4.78 is 0. The largest absolute Gasteiger partial charge is 0.331 e. The minimum atomic E-state index is -0.337.